The van der Waals surface area contributed by atoms with Crippen molar-refractivity contribution in [3.63, 3.8) is 0 Å². The molecule has 0 aliphatic rings. The van der Waals surface area contributed by atoms with Gasteiger partial charge >= 0.3 is 11.9 Å². The largest absolute Gasteiger partial charge is 0.465 e. The Labute approximate surface area is 126 Å². The molecule has 0 saturated carbocycles. The Morgan fingerprint density at radius 3 is 2.37 bits per heavy atom. The Hall–Kier alpha value is -0.270. The van der Waals surface area contributed by atoms with Crippen LogP contribution in [0.5, 0.6) is 0 Å². The van der Waals surface area contributed by atoms with Crippen LogP contribution in [0.25, 0.3) is 0 Å². The fourth-order valence-corrected chi connectivity index (χ4v) is 2.28. The number of ether oxygens (including phenoxy) is 1. The average Bonchev–Trinajstić information content (AvgIpc) is 2.34. The number of esters is 1. The van der Waals surface area contributed by atoms with Crippen molar-refractivity contribution >= 4 is 34.3 Å². The van der Waals surface area contributed by atoms with Gasteiger partial charge in [0, 0.05) is 12.8 Å². The molecule has 0 radical (unpaired) electrons. The van der Waals surface area contributed by atoms with E-state index in [1.807, 2.05) is 6.92 Å². The molecule has 6 heteroatoms. The maximum Gasteiger partial charge on any atom is 0.319 e. The second-order valence-corrected chi connectivity index (χ2v) is 5.87. The third-order valence-electron chi connectivity index (χ3n) is 2.64. The lowest BCUT2D eigenvalue weighted by molar-refractivity contribution is -0.149. The van der Waals surface area contributed by atoms with Crippen LogP contribution in [-0.4, -0.2) is 28.2 Å². The van der Waals surface area contributed by atoms with Crippen molar-refractivity contribution < 1.29 is 23.1 Å². The highest BCUT2D eigenvalue weighted by molar-refractivity contribution is 14.1. The topological polar surface area (TPSA) is 43.4 Å². The van der Waals surface area contributed by atoms with E-state index in [-0.39, 0.29) is 13.0 Å². The number of hydrogen-bond donors (Lipinski definition) is 0. The lowest BCUT2D eigenvalue weighted by Crippen LogP contribution is -2.34. The zero-order valence-electron chi connectivity index (χ0n) is 11.4. The second kappa shape index (κ2) is 9.61. The molecule has 0 aromatic rings. The van der Waals surface area contributed by atoms with Crippen LogP contribution < -0.4 is 0 Å². The summed E-state index contributed by atoms with van der Waals surface area (Å²) in [5, 5.41) is 0. The van der Waals surface area contributed by atoms with E-state index in [1.54, 1.807) is 29.5 Å². The molecule has 0 aliphatic heterocycles. The van der Waals surface area contributed by atoms with E-state index in [0.29, 0.717) is 6.42 Å². The number of carbonyl (C=O) groups is 2. The first-order valence-corrected chi connectivity index (χ1v) is 7.81. The summed E-state index contributed by atoms with van der Waals surface area (Å²) in [6.07, 6.45) is 2.29. The van der Waals surface area contributed by atoms with Gasteiger partial charge in [-0.25, -0.2) is 0 Å². The fraction of sp³-hybridized carbons (Fsp3) is 0.846. The highest BCUT2D eigenvalue weighted by Crippen LogP contribution is 2.28. The average molecular weight is 390 g/mol. The van der Waals surface area contributed by atoms with Gasteiger partial charge in [0.05, 0.1) is 6.61 Å². The van der Waals surface area contributed by atoms with E-state index < -0.39 is 28.0 Å². The highest BCUT2D eigenvalue weighted by Gasteiger charge is 2.41. The molecule has 0 heterocycles. The number of ketones is 1. The molecule has 0 bridgehead atoms. The van der Waals surface area contributed by atoms with Crippen LogP contribution in [0.1, 0.15) is 52.4 Å². The van der Waals surface area contributed by atoms with E-state index in [0.717, 1.165) is 19.3 Å². The van der Waals surface area contributed by atoms with Crippen LogP contribution >= 0.6 is 22.6 Å². The normalized spacial score (nSPS) is 13.1. The maximum absolute atomic E-state index is 13.6. The van der Waals surface area contributed by atoms with E-state index >= 15 is 0 Å². The number of Topliss-reactive ketones (excluding diaryl/α,β-unsaturated/α-hetero) is 1. The number of carbonyl (C=O) groups excluding carboxylic acids is 2. The van der Waals surface area contributed by atoms with Crippen molar-refractivity contribution in [2.45, 2.75) is 62.2 Å². The van der Waals surface area contributed by atoms with Crippen molar-refractivity contribution in [2.75, 3.05) is 6.61 Å². The molecule has 3 nitrogen and oxygen atoms in total. The second-order valence-electron chi connectivity index (χ2n) is 4.36. The Morgan fingerprint density at radius 2 is 1.84 bits per heavy atom. The van der Waals surface area contributed by atoms with Crippen LogP contribution in [0.2, 0.25) is 0 Å². The first-order valence-electron chi connectivity index (χ1n) is 6.57. The Bertz CT molecular complexity index is 296. The van der Waals surface area contributed by atoms with Crippen LogP contribution in [0, 0.1) is 0 Å². The monoisotopic (exact) mass is 390 g/mol. The van der Waals surface area contributed by atoms with Crippen molar-refractivity contribution in [2.24, 2.45) is 0 Å². The minimum absolute atomic E-state index is 0.126. The summed E-state index contributed by atoms with van der Waals surface area (Å²) < 4.78 is 30.9. The summed E-state index contributed by atoms with van der Waals surface area (Å²) >= 11 is 1.59. The van der Waals surface area contributed by atoms with Crippen molar-refractivity contribution in [1.82, 2.24) is 0 Å². The summed E-state index contributed by atoms with van der Waals surface area (Å²) in [5.74, 6) is -5.21. The third kappa shape index (κ3) is 7.79. The summed E-state index contributed by atoms with van der Waals surface area (Å²) in [4.78, 5) is 22.7. The maximum atomic E-state index is 13.6. The van der Waals surface area contributed by atoms with Crippen LogP contribution in [-0.2, 0) is 14.3 Å². The quantitative estimate of drug-likeness (QED) is 0.246. The van der Waals surface area contributed by atoms with Gasteiger partial charge in [-0.15, -0.1) is 0 Å². The predicted octanol–water partition coefficient (Wildman–Crippen LogP) is 3.92. The smallest absolute Gasteiger partial charge is 0.319 e. The Morgan fingerprint density at radius 1 is 1.21 bits per heavy atom. The zero-order valence-corrected chi connectivity index (χ0v) is 13.5. The number of alkyl halides is 3. The zero-order chi connectivity index (χ0) is 14.9. The Kier molecular flexibility index (Phi) is 9.47. The highest BCUT2D eigenvalue weighted by atomic mass is 127. The van der Waals surface area contributed by atoms with Crippen molar-refractivity contribution in [3.8, 4) is 0 Å². The SMILES string of the molecule is CCCCCCC(=O)C(F)(F)CC(I)C(=O)OCC. The van der Waals surface area contributed by atoms with Gasteiger partial charge in [0.2, 0.25) is 5.78 Å². The lowest BCUT2D eigenvalue weighted by atomic mass is 10.0. The van der Waals surface area contributed by atoms with Gasteiger partial charge in [-0.05, 0) is 13.3 Å². The van der Waals surface area contributed by atoms with Gasteiger partial charge in [-0.1, -0.05) is 48.8 Å². The molecule has 0 N–H and O–H groups in total. The third-order valence-corrected chi connectivity index (χ3v) is 3.59. The first-order chi connectivity index (χ1) is 8.85. The van der Waals surface area contributed by atoms with Gasteiger partial charge in [-0.3, -0.25) is 9.59 Å². The molecule has 1 unspecified atom stereocenters. The number of rotatable bonds is 10. The summed E-state index contributed by atoms with van der Waals surface area (Å²) in [6, 6.07) is 0. The fourth-order valence-electron chi connectivity index (χ4n) is 1.55. The number of halogens is 3. The molecule has 0 aromatic carbocycles. The van der Waals surface area contributed by atoms with Crippen molar-refractivity contribution in [3.05, 3.63) is 0 Å². The molecule has 0 saturated heterocycles. The lowest BCUT2D eigenvalue weighted by Gasteiger charge is -2.17. The van der Waals surface area contributed by atoms with Gasteiger partial charge in [0.1, 0.15) is 3.92 Å². The van der Waals surface area contributed by atoms with Crippen molar-refractivity contribution in [1.29, 1.82) is 0 Å². The van der Waals surface area contributed by atoms with E-state index in [9.17, 15) is 18.4 Å². The standard InChI is InChI=1S/C13H21F2IO3/c1-3-5-6-7-8-11(17)13(14,15)9-10(16)12(18)19-4-2/h10H,3-9H2,1-2H3. The number of unbranched alkanes of at least 4 members (excludes halogenated alkanes) is 3. The molecule has 19 heavy (non-hydrogen) atoms. The van der Waals surface area contributed by atoms with Gasteiger partial charge in [0.15, 0.2) is 0 Å². The molecule has 0 amide bonds. The van der Waals surface area contributed by atoms with Gasteiger partial charge in [0.25, 0.3) is 0 Å². The van der Waals surface area contributed by atoms with E-state index in [4.69, 9.17) is 0 Å². The molecular weight excluding hydrogens is 369 g/mol. The Balaban J connectivity index is 4.20. The van der Waals surface area contributed by atoms with Crippen LogP contribution in [0.3, 0.4) is 0 Å². The molecular formula is C13H21F2IO3. The summed E-state index contributed by atoms with van der Waals surface area (Å²) in [5.41, 5.74) is 0. The summed E-state index contributed by atoms with van der Waals surface area (Å²) in [7, 11) is 0. The predicted molar refractivity (Wildman–Crippen MR) is 77.8 cm³/mol. The molecule has 0 rings (SSSR count). The van der Waals surface area contributed by atoms with Gasteiger partial charge < -0.3 is 4.74 Å². The molecule has 112 valence electrons. The molecule has 1 atom stereocenters. The first kappa shape index (κ1) is 18.7. The number of hydrogen-bond acceptors (Lipinski definition) is 3. The van der Waals surface area contributed by atoms with E-state index in [2.05, 4.69) is 4.74 Å². The minimum atomic E-state index is -3.44. The van der Waals surface area contributed by atoms with Gasteiger partial charge in [-0.2, -0.15) is 8.78 Å². The molecule has 0 fully saturated rings. The summed E-state index contributed by atoms with van der Waals surface area (Å²) in [6.45, 7) is 3.77. The molecule has 0 spiro atoms. The van der Waals surface area contributed by atoms with Crippen LogP contribution in [0.15, 0.2) is 0 Å². The minimum Gasteiger partial charge on any atom is -0.465 e. The van der Waals surface area contributed by atoms with E-state index in [1.165, 1.54) is 0 Å². The van der Waals surface area contributed by atoms with Crippen LogP contribution in [0.4, 0.5) is 8.78 Å². The molecule has 0 aromatic heterocycles. The molecule has 0 aliphatic carbocycles.